The molecule has 2 heterocycles. The van der Waals surface area contributed by atoms with E-state index in [2.05, 4.69) is 26.4 Å². The van der Waals surface area contributed by atoms with Gasteiger partial charge in [-0.15, -0.1) is 10.2 Å². The normalized spacial score (nSPS) is 21.2. The van der Waals surface area contributed by atoms with Gasteiger partial charge in [0.1, 0.15) is 0 Å². The zero-order chi connectivity index (χ0) is 20.2. The lowest BCUT2D eigenvalue weighted by Gasteiger charge is -2.19. The molecule has 0 radical (unpaired) electrons. The van der Waals surface area contributed by atoms with Gasteiger partial charge in [-0.3, -0.25) is 20.2 Å². The minimum absolute atomic E-state index is 0.0203. The summed E-state index contributed by atoms with van der Waals surface area (Å²) in [6.45, 7) is 4.10. The highest BCUT2D eigenvalue weighted by Gasteiger charge is 2.31. The molecule has 2 aromatic carbocycles. The summed E-state index contributed by atoms with van der Waals surface area (Å²) in [5.41, 5.74) is 8.25. The Morgan fingerprint density at radius 1 is 1.00 bits per heavy atom. The van der Waals surface area contributed by atoms with Crippen LogP contribution < -0.4 is 16.2 Å². The fourth-order valence-corrected chi connectivity index (χ4v) is 4.19. The van der Waals surface area contributed by atoms with Crippen molar-refractivity contribution in [3.63, 3.8) is 0 Å². The van der Waals surface area contributed by atoms with Crippen LogP contribution in [0.5, 0.6) is 0 Å². The zero-order valence-corrected chi connectivity index (χ0v) is 17.2. The third-order valence-corrected chi connectivity index (χ3v) is 5.88. The van der Waals surface area contributed by atoms with Gasteiger partial charge in [-0.1, -0.05) is 60.3 Å². The van der Waals surface area contributed by atoms with Crippen LogP contribution in [0.25, 0.3) is 17.1 Å². The molecule has 2 atom stereocenters. The first-order valence-electron chi connectivity index (χ1n) is 9.63. The molecule has 150 valence electrons. The lowest BCUT2D eigenvalue weighted by Crippen LogP contribution is -2.47. The van der Waals surface area contributed by atoms with E-state index in [0.29, 0.717) is 5.16 Å². The van der Waals surface area contributed by atoms with Crippen LogP contribution in [0.2, 0.25) is 0 Å². The number of rotatable bonds is 6. The molecular weight excluding hydrogens is 384 g/mol. The van der Waals surface area contributed by atoms with Crippen LogP contribution in [0.4, 0.5) is 0 Å². The molecule has 3 aromatic rings. The van der Waals surface area contributed by atoms with E-state index in [1.807, 2.05) is 79.1 Å². The van der Waals surface area contributed by atoms with Crippen LogP contribution in [0.3, 0.4) is 0 Å². The number of carbonyl (C=O) groups is 1. The molecule has 7 nitrogen and oxygen atoms in total. The second-order valence-electron chi connectivity index (χ2n) is 7.09. The molecule has 1 aliphatic heterocycles. The van der Waals surface area contributed by atoms with Crippen molar-refractivity contribution in [2.45, 2.75) is 37.1 Å². The zero-order valence-electron chi connectivity index (χ0n) is 16.4. The summed E-state index contributed by atoms with van der Waals surface area (Å²) in [5.74, 6) is 1.01. The quantitative estimate of drug-likeness (QED) is 0.543. The predicted molar refractivity (Wildman–Crippen MR) is 115 cm³/mol. The van der Waals surface area contributed by atoms with Crippen LogP contribution >= 0.6 is 11.8 Å². The van der Waals surface area contributed by atoms with Crippen molar-refractivity contribution < 1.29 is 4.79 Å². The number of nitrogens with one attached hydrogen (secondary N) is 3. The number of aromatic nitrogens is 3. The Morgan fingerprint density at radius 3 is 2.28 bits per heavy atom. The first kappa shape index (κ1) is 19.6. The fraction of sp³-hybridized carbons (Fsp3) is 0.286. The Balaban J connectivity index is 1.55. The molecule has 1 amide bonds. The minimum atomic E-state index is -0.0203. The van der Waals surface area contributed by atoms with Crippen molar-refractivity contribution in [2.75, 3.05) is 5.75 Å². The average molecular weight is 409 g/mol. The van der Waals surface area contributed by atoms with Crippen molar-refractivity contribution in [2.24, 2.45) is 0 Å². The van der Waals surface area contributed by atoms with E-state index in [-0.39, 0.29) is 29.8 Å². The molecule has 0 aliphatic carbocycles. The van der Waals surface area contributed by atoms with E-state index in [9.17, 15) is 4.79 Å². The molecule has 4 rings (SSSR count). The summed E-state index contributed by atoms with van der Waals surface area (Å²) in [5, 5.41) is 12.6. The van der Waals surface area contributed by atoms with Crippen LogP contribution in [0.1, 0.15) is 13.8 Å². The van der Waals surface area contributed by atoms with E-state index >= 15 is 0 Å². The van der Waals surface area contributed by atoms with Crippen molar-refractivity contribution in [1.82, 2.24) is 30.9 Å². The summed E-state index contributed by atoms with van der Waals surface area (Å²) < 4.78 is 2.00. The smallest absolute Gasteiger partial charge is 0.230 e. The van der Waals surface area contributed by atoms with E-state index < -0.39 is 0 Å². The van der Waals surface area contributed by atoms with Gasteiger partial charge >= 0.3 is 0 Å². The van der Waals surface area contributed by atoms with Gasteiger partial charge in [-0.05, 0) is 26.0 Å². The number of hydrogen-bond acceptors (Lipinski definition) is 6. The summed E-state index contributed by atoms with van der Waals surface area (Å²) >= 11 is 1.39. The highest BCUT2D eigenvalue weighted by atomic mass is 32.2. The highest BCUT2D eigenvalue weighted by molar-refractivity contribution is 7.99. The maximum Gasteiger partial charge on any atom is 0.230 e. The number of para-hydroxylation sites is 1. The van der Waals surface area contributed by atoms with E-state index in [0.717, 1.165) is 17.1 Å². The predicted octanol–water partition coefficient (Wildman–Crippen LogP) is 2.40. The summed E-state index contributed by atoms with van der Waals surface area (Å²) in [7, 11) is 0. The van der Waals surface area contributed by atoms with Gasteiger partial charge in [-0.2, -0.15) is 0 Å². The molecule has 1 saturated heterocycles. The molecular formula is C21H24N6OS. The van der Waals surface area contributed by atoms with Crippen molar-refractivity contribution in [3.05, 3.63) is 60.7 Å². The highest BCUT2D eigenvalue weighted by Crippen LogP contribution is 2.27. The summed E-state index contributed by atoms with van der Waals surface area (Å²) in [4.78, 5) is 12.5. The minimum Gasteiger partial charge on any atom is -0.349 e. The van der Waals surface area contributed by atoms with Gasteiger partial charge in [0, 0.05) is 23.3 Å². The number of carbonyl (C=O) groups excluding carboxylic acids is 1. The number of thioether (sulfide) groups is 1. The molecule has 29 heavy (non-hydrogen) atoms. The standard InChI is InChI=1S/C21H24N6OS/c1-14-19(15(2)24-23-14)22-18(28)13-29-21-26-25-20(16-9-5-3-6-10-16)27(21)17-11-7-4-8-12-17/h3-12,14-15,19,23-24H,13H2,1-2H3,(H,22,28). The molecule has 8 heteroatoms. The summed E-state index contributed by atoms with van der Waals surface area (Å²) in [6, 6.07) is 20.3. The molecule has 0 bridgehead atoms. The number of benzene rings is 2. The van der Waals surface area contributed by atoms with Crippen LogP contribution in [-0.2, 0) is 4.79 Å². The number of hydrogen-bond donors (Lipinski definition) is 3. The van der Waals surface area contributed by atoms with Crippen molar-refractivity contribution in [3.8, 4) is 17.1 Å². The maximum absolute atomic E-state index is 12.5. The topological polar surface area (TPSA) is 83.9 Å². The molecule has 3 N–H and O–H groups in total. The molecule has 1 aromatic heterocycles. The second-order valence-corrected chi connectivity index (χ2v) is 8.03. The average Bonchev–Trinajstić information content (AvgIpc) is 3.32. The lowest BCUT2D eigenvalue weighted by atomic mass is 10.1. The third kappa shape index (κ3) is 4.34. The molecule has 0 saturated carbocycles. The Kier molecular flexibility index (Phi) is 5.94. The van der Waals surface area contributed by atoms with Crippen LogP contribution in [0.15, 0.2) is 65.8 Å². The van der Waals surface area contributed by atoms with Gasteiger partial charge in [0.05, 0.1) is 11.8 Å². The fourth-order valence-electron chi connectivity index (χ4n) is 3.43. The Morgan fingerprint density at radius 2 is 1.62 bits per heavy atom. The van der Waals surface area contributed by atoms with Gasteiger partial charge in [0.25, 0.3) is 0 Å². The van der Waals surface area contributed by atoms with Gasteiger partial charge in [0.2, 0.25) is 5.91 Å². The Labute approximate surface area is 174 Å². The van der Waals surface area contributed by atoms with Gasteiger partial charge in [-0.25, -0.2) is 0 Å². The molecule has 1 aliphatic rings. The molecule has 1 fully saturated rings. The van der Waals surface area contributed by atoms with Crippen molar-refractivity contribution >= 4 is 17.7 Å². The molecule has 0 spiro atoms. The Hall–Kier alpha value is -2.68. The number of amides is 1. The maximum atomic E-state index is 12.5. The third-order valence-electron chi connectivity index (χ3n) is 4.96. The van der Waals surface area contributed by atoms with Crippen molar-refractivity contribution in [1.29, 1.82) is 0 Å². The first-order chi connectivity index (χ1) is 14.1. The van der Waals surface area contributed by atoms with Crippen LogP contribution in [0, 0.1) is 0 Å². The second kappa shape index (κ2) is 8.77. The SMILES string of the molecule is CC1NNC(C)C1NC(=O)CSc1nnc(-c2ccccc2)n1-c1ccccc1. The summed E-state index contributed by atoms with van der Waals surface area (Å²) in [6.07, 6.45) is 0. The monoisotopic (exact) mass is 408 g/mol. The first-order valence-corrected chi connectivity index (χ1v) is 10.6. The lowest BCUT2D eigenvalue weighted by molar-refractivity contribution is -0.119. The Bertz CT molecular complexity index is 952. The van der Waals surface area contributed by atoms with Gasteiger partial charge < -0.3 is 5.32 Å². The largest absolute Gasteiger partial charge is 0.349 e. The van der Waals surface area contributed by atoms with E-state index in [1.54, 1.807) is 0 Å². The van der Waals surface area contributed by atoms with E-state index in [4.69, 9.17) is 0 Å². The number of nitrogens with zero attached hydrogens (tertiary/aromatic N) is 3. The van der Waals surface area contributed by atoms with Gasteiger partial charge in [0.15, 0.2) is 11.0 Å². The van der Waals surface area contributed by atoms with Crippen LogP contribution in [-0.4, -0.2) is 44.6 Å². The van der Waals surface area contributed by atoms with E-state index in [1.165, 1.54) is 11.8 Å². The molecule has 2 unspecified atom stereocenters. The number of hydrazine groups is 1.